The number of hydrogen-bond acceptors (Lipinski definition) is 8. The van der Waals surface area contributed by atoms with E-state index in [1.165, 1.54) is 24.1 Å². The van der Waals surface area contributed by atoms with Gasteiger partial charge < -0.3 is 21.3 Å². The number of nitrogen functional groups attached to an aromatic ring is 2. The number of carbonyl (C=O) groups is 2. The molecular weight excluding hydrogens is 570 g/mol. The minimum Gasteiger partial charge on any atom is -0.476 e. The van der Waals surface area contributed by atoms with Crippen LogP contribution in [0.15, 0.2) is 29.1 Å². The van der Waals surface area contributed by atoms with E-state index in [1.54, 1.807) is 0 Å². The zero-order valence-corrected chi connectivity index (χ0v) is 19.7. The molecule has 36 heavy (non-hydrogen) atoms. The number of hydrogen-bond donors (Lipinski definition) is 3. The number of halogens is 7. The van der Waals surface area contributed by atoms with Crippen LogP contribution in [0.1, 0.15) is 32.1 Å². The van der Waals surface area contributed by atoms with Gasteiger partial charge in [0.05, 0.1) is 41.5 Å². The number of ether oxygens (including phenoxy) is 1. The summed E-state index contributed by atoms with van der Waals surface area (Å²) in [5.41, 5.74) is 6.06. The van der Waals surface area contributed by atoms with Crippen molar-refractivity contribution in [1.82, 2.24) is 19.7 Å². The number of carboxylic acids is 1. The molecule has 0 amide bonds. The number of aromatic nitrogens is 4. The Morgan fingerprint density at radius 3 is 1.97 bits per heavy atom. The number of aryl methyl sites for hydroxylation is 1. The fourth-order valence-electron chi connectivity index (χ4n) is 2.65. The summed E-state index contributed by atoms with van der Waals surface area (Å²) in [6.45, 7) is 0. The lowest BCUT2D eigenvalue weighted by Gasteiger charge is -2.13. The summed E-state index contributed by atoms with van der Waals surface area (Å²) in [5.74, 6) is -2.40. The molecule has 3 rings (SSSR count). The molecule has 0 atom stereocenters. The van der Waals surface area contributed by atoms with Crippen LogP contribution in [-0.2, 0) is 24.1 Å². The number of methoxy groups -OCH3 is 1. The van der Waals surface area contributed by atoms with Crippen LogP contribution in [0.3, 0.4) is 0 Å². The molecule has 3 heterocycles. The normalized spacial score (nSPS) is 11.5. The highest BCUT2D eigenvalue weighted by atomic mass is 79.9. The lowest BCUT2D eigenvalue weighted by Crippen LogP contribution is -2.14. The Bertz CT molecular complexity index is 1310. The Labute approximate surface area is 206 Å². The molecule has 0 saturated carbocycles. The topological polar surface area (TPSA) is 159 Å². The van der Waals surface area contributed by atoms with Gasteiger partial charge in [-0.05, 0) is 28.1 Å². The first kappa shape index (κ1) is 28.3. The fourth-order valence-corrected chi connectivity index (χ4v) is 3.16. The smallest absolute Gasteiger partial charge is 0.419 e. The number of nitrogens with zero attached hydrogens (tertiary/aromatic N) is 4. The highest BCUT2D eigenvalue weighted by molar-refractivity contribution is 9.10. The van der Waals surface area contributed by atoms with Gasteiger partial charge in [0.1, 0.15) is 4.60 Å². The van der Waals surface area contributed by atoms with Crippen LogP contribution < -0.4 is 11.5 Å². The summed E-state index contributed by atoms with van der Waals surface area (Å²) in [6.07, 6.45) is -6.82. The van der Waals surface area contributed by atoms with Crippen molar-refractivity contribution in [2.75, 3.05) is 18.6 Å². The molecule has 0 aromatic carbocycles. The van der Waals surface area contributed by atoms with Gasteiger partial charge in [0, 0.05) is 18.8 Å². The number of rotatable bonds is 3. The zero-order valence-electron chi connectivity index (χ0n) is 18.1. The molecule has 0 saturated heterocycles. The Morgan fingerprint density at radius 1 is 1.00 bits per heavy atom. The van der Waals surface area contributed by atoms with Gasteiger partial charge in [0.25, 0.3) is 0 Å². The van der Waals surface area contributed by atoms with Gasteiger partial charge in [-0.2, -0.15) is 31.4 Å². The quantitative estimate of drug-likeness (QED) is 0.235. The summed E-state index contributed by atoms with van der Waals surface area (Å²) in [5, 5.41) is 12.6. The summed E-state index contributed by atoms with van der Waals surface area (Å²) in [4.78, 5) is 28.9. The molecule has 3 aromatic heterocycles. The van der Waals surface area contributed by atoms with E-state index in [0.717, 1.165) is 7.11 Å². The van der Waals surface area contributed by atoms with Gasteiger partial charge in [-0.1, -0.05) is 0 Å². The van der Waals surface area contributed by atoms with E-state index in [1.807, 2.05) is 0 Å². The monoisotopic (exact) mass is 584 g/mol. The van der Waals surface area contributed by atoms with Crippen molar-refractivity contribution >= 4 is 39.2 Å². The number of esters is 1. The van der Waals surface area contributed by atoms with E-state index in [2.05, 4.69) is 35.7 Å². The molecule has 0 radical (unpaired) electrons. The maximum absolute atomic E-state index is 13.0. The zero-order chi connectivity index (χ0) is 27.6. The van der Waals surface area contributed by atoms with Crippen LogP contribution in [0.4, 0.5) is 37.7 Å². The molecule has 0 aliphatic carbocycles. The maximum atomic E-state index is 13.0. The largest absolute Gasteiger partial charge is 0.476 e. The Kier molecular flexibility index (Phi) is 8.18. The number of carboxylic acid groups (broad SMARTS) is 1. The average Bonchev–Trinajstić information content (AvgIpc) is 3.19. The fraction of sp³-hybridized carbons (Fsp3) is 0.211. The number of alkyl halides is 6. The lowest BCUT2D eigenvalue weighted by molar-refractivity contribution is -0.138. The number of aromatic carboxylic acids is 1. The summed E-state index contributed by atoms with van der Waals surface area (Å²) < 4.78 is 81.3. The first-order valence-corrected chi connectivity index (χ1v) is 9.98. The molecular formula is C19H15BrF6N6O4. The van der Waals surface area contributed by atoms with Crippen molar-refractivity contribution in [1.29, 1.82) is 0 Å². The molecule has 0 bridgehead atoms. The molecule has 0 aliphatic heterocycles. The summed E-state index contributed by atoms with van der Waals surface area (Å²) >= 11 is 2.62. The van der Waals surface area contributed by atoms with Crippen molar-refractivity contribution in [3.05, 3.63) is 51.6 Å². The standard InChI is InChI=1S/C11H9F3N4O2.C8H6BrF3N2O2/c1-18-4-5(3-16-18)8-6(11(12,13)14)2-7(15)9(17-8)10(19)20;1-16-7(15)5-4(13)2-3(6(9)14-5)8(10,11)12/h2-4H,15H2,1H3,(H,19,20);2H,13H2,1H3. The first-order valence-electron chi connectivity index (χ1n) is 9.18. The van der Waals surface area contributed by atoms with Crippen LogP contribution in [0.25, 0.3) is 11.3 Å². The molecule has 17 heteroatoms. The molecule has 194 valence electrons. The number of pyridine rings is 2. The highest BCUT2D eigenvalue weighted by Crippen LogP contribution is 2.38. The van der Waals surface area contributed by atoms with E-state index >= 15 is 0 Å². The Balaban J connectivity index is 0.000000261. The second kappa shape index (κ2) is 10.4. The predicted molar refractivity (Wildman–Crippen MR) is 116 cm³/mol. The van der Waals surface area contributed by atoms with Crippen LogP contribution in [0.5, 0.6) is 0 Å². The van der Waals surface area contributed by atoms with Crippen molar-refractivity contribution in [3.63, 3.8) is 0 Å². The number of carbonyl (C=O) groups excluding carboxylic acids is 1. The van der Waals surface area contributed by atoms with Gasteiger partial charge >= 0.3 is 24.3 Å². The maximum Gasteiger partial charge on any atom is 0.419 e. The van der Waals surface area contributed by atoms with Gasteiger partial charge in [0.2, 0.25) is 0 Å². The van der Waals surface area contributed by atoms with E-state index in [-0.39, 0.29) is 16.9 Å². The Hall–Kier alpha value is -3.89. The van der Waals surface area contributed by atoms with Gasteiger partial charge in [-0.15, -0.1) is 0 Å². The van der Waals surface area contributed by atoms with Crippen LogP contribution in [0.2, 0.25) is 0 Å². The van der Waals surface area contributed by atoms with E-state index in [0.29, 0.717) is 12.1 Å². The molecule has 0 fully saturated rings. The van der Waals surface area contributed by atoms with Gasteiger partial charge in [-0.25, -0.2) is 19.6 Å². The van der Waals surface area contributed by atoms with Crippen LogP contribution in [0, 0.1) is 0 Å². The van der Waals surface area contributed by atoms with Crippen LogP contribution >= 0.6 is 15.9 Å². The van der Waals surface area contributed by atoms with E-state index < -0.39 is 57.1 Å². The van der Waals surface area contributed by atoms with E-state index in [9.17, 15) is 35.9 Å². The van der Waals surface area contributed by atoms with Crippen molar-refractivity contribution < 1.29 is 45.8 Å². The molecule has 0 spiro atoms. The minimum atomic E-state index is -4.71. The second-order valence-corrected chi connectivity index (χ2v) is 7.53. The minimum absolute atomic E-state index is 0.0577. The molecule has 0 unspecified atom stereocenters. The number of anilines is 2. The van der Waals surface area contributed by atoms with Gasteiger partial charge in [-0.3, -0.25) is 4.68 Å². The number of nitrogens with two attached hydrogens (primary N) is 2. The third kappa shape index (κ3) is 6.41. The molecule has 0 aliphatic rings. The summed E-state index contributed by atoms with van der Waals surface area (Å²) in [7, 11) is 2.60. The first-order chi connectivity index (χ1) is 16.5. The van der Waals surface area contributed by atoms with Crippen LogP contribution in [-0.4, -0.2) is 43.9 Å². The van der Waals surface area contributed by atoms with Crippen molar-refractivity contribution in [3.8, 4) is 11.3 Å². The summed E-state index contributed by atoms with van der Waals surface area (Å²) in [6, 6.07) is 1.20. The van der Waals surface area contributed by atoms with E-state index in [4.69, 9.17) is 16.6 Å². The average molecular weight is 585 g/mol. The SMILES string of the molecule is COC(=O)c1nc(Br)c(C(F)(F)F)cc1N.Cn1cc(-c2nc(C(=O)O)c(N)cc2C(F)(F)F)cn1. The predicted octanol–water partition coefficient (Wildman–Crippen LogP) is 4.01. The highest BCUT2D eigenvalue weighted by Gasteiger charge is 2.37. The lowest BCUT2D eigenvalue weighted by atomic mass is 10.1. The van der Waals surface area contributed by atoms with Crippen molar-refractivity contribution in [2.24, 2.45) is 7.05 Å². The van der Waals surface area contributed by atoms with Crippen molar-refractivity contribution in [2.45, 2.75) is 12.4 Å². The Morgan fingerprint density at radius 2 is 1.53 bits per heavy atom. The molecule has 5 N–H and O–H groups in total. The van der Waals surface area contributed by atoms with Gasteiger partial charge in [0.15, 0.2) is 11.4 Å². The second-order valence-electron chi connectivity index (χ2n) is 6.78. The molecule has 3 aromatic rings. The third-order valence-electron chi connectivity index (χ3n) is 4.23. The third-order valence-corrected chi connectivity index (χ3v) is 4.83. The molecule has 10 nitrogen and oxygen atoms in total.